The molecule has 0 saturated heterocycles. The third kappa shape index (κ3) is 3.81. The molecule has 0 radical (unpaired) electrons. The predicted molar refractivity (Wildman–Crippen MR) is 138 cm³/mol. The third-order valence-corrected chi connectivity index (χ3v) is 11.4. The van der Waals surface area contributed by atoms with E-state index in [2.05, 4.69) is 57.9 Å². The summed E-state index contributed by atoms with van der Waals surface area (Å²) in [6.45, 7) is 12.2. The summed E-state index contributed by atoms with van der Waals surface area (Å²) in [4.78, 5) is 2.43. The average Bonchev–Trinajstić information content (AvgIpc) is 3.13. The fourth-order valence-electron chi connectivity index (χ4n) is 9.26. The van der Waals surface area contributed by atoms with Gasteiger partial charge in [-0.1, -0.05) is 50.1 Å². The minimum absolute atomic E-state index is 0.0290. The quantitative estimate of drug-likeness (QED) is 0.539. The first-order valence-corrected chi connectivity index (χ1v) is 13.8. The van der Waals surface area contributed by atoms with E-state index in [0.717, 1.165) is 31.2 Å². The van der Waals surface area contributed by atoms with Crippen LogP contribution in [0.15, 0.2) is 34.9 Å². The molecule has 0 aromatic carbocycles. The Balaban J connectivity index is 1.35. The lowest BCUT2D eigenvalue weighted by molar-refractivity contribution is -0.0765. The second kappa shape index (κ2) is 8.64. The Bertz CT molecular complexity index is 857. The van der Waals surface area contributed by atoms with Crippen molar-refractivity contribution in [3.63, 3.8) is 0 Å². The molecule has 3 fully saturated rings. The monoisotopic (exact) mass is 452 g/mol. The van der Waals surface area contributed by atoms with E-state index in [-0.39, 0.29) is 17.6 Å². The summed E-state index contributed by atoms with van der Waals surface area (Å²) in [7, 11) is 2.23. The topological polar surface area (TPSA) is 49.5 Å². The van der Waals surface area contributed by atoms with Crippen LogP contribution in [0.2, 0.25) is 0 Å². The summed E-state index contributed by atoms with van der Waals surface area (Å²) in [5, 5.41) is 10.9. The van der Waals surface area contributed by atoms with Gasteiger partial charge in [0.2, 0.25) is 0 Å². The number of allylic oxidation sites excluding steroid dienone is 4. The highest BCUT2D eigenvalue weighted by atomic mass is 16.3. The minimum atomic E-state index is -0.325. The third-order valence-electron chi connectivity index (χ3n) is 11.4. The molecule has 6 unspecified atom stereocenters. The Morgan fingerprint density at radius 2 is 1.85 bits per heavy atom. The molecule has 0 bridgehead atoms. The van der Waals surface area contributed by atoms with Crippen molar-refractivity contribution in [2.24, 2.45) is 46.2 Å². The number of aliphatic hydroxyl groups is 1. The number of likely N-dealkylation sites (N-methyl/N-ethyl adjacent to an activating group) is 1. The number of nitrogens with two attached hydrogens (primary N) is 1. The lowest BCUT2D eigenvalue weighted by Crippen LogP contribution is -2.57. The Morgan fingerprint density at radius 3 is 2.61 bits per heavy atom. The molecule has 0 amide bonds. The Kier molecular flexibility index (Phi) is 6.24. The molecule has 3 heteroatoms. The minimum Gasteiger partial charge on any atom is -0.391 e. The maximum absolute atomic E-state index is 10.9. The summed E-state index contributed by atoms with van der Waals surface area (Å²) in [6.07, 6.45) is 17.1. The van der Waals surface area contributed by atoms with Crippen molar-refractivity contribution in [2.75, 3.05) is 20.1 Å². The molecule has 3 nitrogen and oxygen atoms in total. The second-order valence-electron chi connectivity index (χ2n) is 13.1. The van der Waals surface area contributed by atoms with Gasteiger partial charge in [0.25, 0.3) is 0 Å². The first-order chi connectivity index (χ1) is 15.6. The van der Waals surface area contributed by atoms with E-state index < -0.39 is 0 Å². The molecule has 3 N–H and O–H groups in total. The standard InChI is InChI=1S/C30H48N2O/c1-19(6-7-21-14-17-32(5)18-20(21)2)23-10-11-24-22-8-9-26-28(33)27(31)13-16-30(26,4)25(22)12-15-29(23,24)3/h6-8,19,23-28,33H,9-18,31H2,1-5H3/b7-6+/t19?,23-,24?,25?,26?,27?,28?,29-,30-/m1/s1. The molecule has 33 heavy (non-hydrogen) atoms. The lowest BCUT2D eigenvalue weighted by atomic mass is 9.47. The fourth-order valence-corrected chi connectivity index (χ4v) is 9.26. The molecule has 0 spiro atoms. The summed E-state index contributed by atoms with van der Waals surface area (Å²) in [5.41, 5.74) is 11.8. The van der Waals surface area contributed by atoms with Crippen LogP contribution >= 0.6 is 0 Å². The summed E-state index contributed by atoms with van der Waals surface area (Å²) in [5.74, 6) is 3.17. The van der Waals surface area contributed by atoms with Crippen LogP contribution < -0.4 is 5.73 Å². The van der Waals surface area contributed by atoms with Gasteiger partial charge in [0.1, 0.15) is 0 Å². The van der Waals surface area contributed by atoms with Gasteiger partial charge < -0.3 is 15.7 Å². The number of hydrogen-bond acceptors (Lipinski definition) is 3. The van der Waals surface area contributed by atoms with Crippen LogP contribution in [0.1, 0.15) is 79.1 Å². The smallest absolute Gasteiger partial charge is 0.0727 e. The molecule has 5 aliphatic rings. The molecule has 4 aliphatic carbocycles. The van der Waals surface area contributed by atoms with E-state index in [9.17, 15) is 5.11 Å². The predicted octanol–water partition coefficient (Wildman–Crippen LogP) is 5.71. The van der Waals surface area contributed by atoms with Crippen molar-refractivity contribution in [2.45, 2.75) is 91.2 Å². The van der Waals surface area contributed by atoms with Crippen molar-refractivity contribution in [1.82, 2.24) is 4.90 Å². The molecule has 0 aromatic rings. The molecule has 1 heterocycles. The van der Waals surface area contributed by atoms with Crippen LogP contribution in [0.25, 0.3) is 0 Å². The number of aliphatic hydroxyl groups excluding tert-OH is 1. The summed E-state index contributed by atoms with van der Waals surface area (Å²) < 4.78 is 0. The lowest BCUT2D eigenvalue weighted by Gasteiger charge is -2.59. The Morgan fingerprint density at radius 1 is 1.12 bits per heavy atom. The molecule has 3 saturated carbocycles. The van der Waals surface area contributed by atoms with E-state index in [1.807, 2.05) is 0 Å². The van der Waals surface area contributed by atoms with Gasteiger partial charge in [-0.3, -0.25) is 0 Å². The van der Waals surface area contributed by atoms with Gasteiger partial charge in [-0.05, 0) is 111 Å². The normalized spacial score (nSPS) is 47.2. The van der Waals surface area contributed by atoms with Crippen molar-refractivity contribution >= 4 is 0 Å². The Hall–Kier alpha value is -0.900. The largest absolute Gasteiger partial charge is 0.391 e. The van der Waals surface area contributed by atoms with Crippen LogP contribution in [0.4, 0.5) is 0 Å². The van der Waals surface area contributed by atoms with Crippen LogP contribution in [0, 0.1) is 40.4 Å². The molecular formula is C30H48N2O. The van der Waals surface area contributed by atoms with Crippen molar-refractivity contribution in [3.05, 3.63) is 34.9 Å². The highest BCUT2D eigenvalue weighted by Gasteiger charge is 2.59. The van der Waals surface area contributed by atoms with E-state index >= 15 is 0 Å². The van der Waals surface area contributed by atoms with Crippen LogP contribution in [0.3, 0.4) is 0 Å². The van der Waals surface area contributed by atoms with E-state index in [4.69, 9.17) is 5.73 Å². The van der Waals surface area contributed by atoms with Crippen molar-refractivity contribution in [1.29, 1.82) is 0 Å². The first-order valence-electron chi connectivity index (χ1n) is 13.8. The van der Waals surface area contributed by atoms with Crippen molar-refractivity contribution in [3.8, 4) is 0 Å². The SMILES string of the molecule is CC1=C(/C=C/C(C)[C@H]2CCC3C4=CCC5C(O)C(N)CC[C@]5(C)C4CC[C@@]32C)CCN(C)C1. The van der Waals surface area contributed by atoms with Crippen LogP contribution in [-0.4, -0.2) is 42.3 Å². The number of nitrogens with zero attached hydrogens (tertiary/aromatic N) is 1. The second-order valence-corrected chi connectivity index (χ2v) is 13.1. The van der Waals surface area contributed by atoms with Gasteiger partial charge in [0, 0.05) is 19.1 Å². The van der Waals surface area contributed by atoms with E-state index in [0.29, 0.717) is 23.2 Å². The first kappa shape index (κ1) is 23.8. The molecule has 5 rings (SSSR count). The zero-order valence-corrected chi connectivity index (χ0v) is 21.8. The van der Waals surface area contributed by atoms with Gasteiger partial charge in [-0.2, -0.15) is 0 Å². The van der Waals surface area contributed by atoms with Gasteiger partial charge in [0.05, 0.1) is 6.10 Å². The van der Waals surface area contributed by atoms with Gasteiger partial charge in [0.15, 0.2) is 0 Å². The molecule has 1 aliphatic heterocycles. The maximum Gasteiger partial charge on any atom is 0.0727 e. The highest BCUT2D eigenvalue weighted by molar-refractivity contribution is 5.30. The average molecular weight is 453 g/mol. The van der Waals surface area contributed by atoms with E-state index in [1.165, 1.54) is 45.1 Å². The van der Waals surface area contributed by atoms with Crippen LogP contribution in [0.5, 0.6) is 0 Å². The van der Waals surface area contributed by atoms with E-state index in [1.54, 1.807) is 16.7 Å². The van der Waals surface area contributed by atoms with Crippen LogP contribution in [-0.2, 0) is 0 Å². The number of rotatable bonds is 3. The zero-order valence-electron chi connectivity index (χ0n) is 21.8. The van der Waals surface area contributed by atoms with Gasteiger partial charge >= 0.3 is 0 Å². The molecule has 0 aromatic heterocycles. The molecule has 9 atom stereocenters. The highest BCUT2D eigenvalue weighted by Crippen LogP contribution is 2.66. The maximum atomic E-state index is 10.9. The van der Waals surface area contributed by atoms with Crippen molar-refractivity contribution < 1.29 is 5.11 Å². The summed E-state index contributed by atoms with van der Waals surface area (Å²) >= 11 is 0. The fraction of sp³-hybridized carbons (Fsp3) is 0.800. The zero-order chi connectivity index (χ0) is 23.5. The molecular weight excluding hydrogens is 404 g/mol. The van der Waals surface area contributed by atoms with Gasteiger partial charge in [-0.25, -0.2) is 0 Å². The number of fused-ring (bicyclic) bond motifs is 5. The Labute approximate surface area is 202 Å². The molecule has 184 valence electrons. The number of hydrogen-bond donors (Lipinski definition) is 2. The summed E-state index contributed by atoms with van der Waals surface area (Å²) in [6, 6.07) is -0.0290. The van der Waals surface area contributed by atoms with Gasteiger partial charge in [-0.15, -0.1) is 0 Å².